The number of nitro benzene ring substituents is 1. The topological polar surface area (TPSA) is 83.7 Å². The molecule has 0 bridgehead atoms. The number of rotatable bonds is 4. The summed E-state index contributed by atoms with van der Waals surface area (Å²) >= 11 is 0. The molecule has 0 saturated heterocycles. The SMILES string of the molecule is CN(Cc1ccc([N+](=O)[O-])cc1)C(=O)c1c(O)cccc1F. The summed E-state index contributed by atoms with van der Waals surface area (Å²) < 4.78 is 13.7. The molecule has 0 unspecified atom stereocenters. The van der Waals surface area contributed by atoms with Crippen LogP contribution in [0.1, 0.15) is 15.9 Å². The molecule has 0 aliphatic carbocycles. The van der Waals surface area contributed by atoms with Crippen molar-refractivity contribution in [3.63, 3.8) is 0 Å². The van der Waals surface area contributed by atoms with Gasteiger partial charge in [-0.1, -0.05) is 18.2 Å². The Morgan fingerprint density at radius 1 is 1.27 bits per heavy atom. The number of nitrogens with zero attached hydrogens (tertiary/aromatic N) is 2. The maximum Gasteiger partial charge on any atom is 0.269 e. The summed E-state index contributed by atoms with van der Waals surface area (Å²) in [5.74, 6) is -1.91. The smallest absolute Gasteiger partial charge is 0.269 e. The molecular formula is C15H13FN2O4. The van der Waals surface area contributed by atoms with E-state index in [4.69, 9.17) is 0 Å². The van der Waals surface area contributed by atoms with Gasteiger partial charge in [0.1, 0.15) is 17.1 Å². The molecule has 22 heavy (non-hydrogen) atoms. The van der Waals surface area contributed by atoms with Crippen LogP contribution in [0.15, 0.2) is 42.5 Å². The van der Waals surface area contributed by atoms with Gasteiger partial charge in [0.15, 0.2) is 0 Å². The molecule has 2 aromatic carbocycles. The number of hydrogen-bond acceptors (Lipinski definition) is 4. The molecule has 0 saturated carbocycles. The molecule has 114 valence electrons. The third-order valence-corrected chi connectivity index (χ3v) is 3.12. The predicted octanol–water partition coefficient (Wildman–Crippen LogP) is 2.71. The van der Waals surface area contributed by atoms with E-state index >= 15 is 0 Å². The van der Waals surface area contributed by atoms with E-state index in [1.807, 2.05) is 0 Å². The molecule has 1 amide bonds. The lowest BCUT2D eigenvalue weighted by Crippen LogP contribution is -2.27. The van der Waals surface area contributed by atoms with Crippen LogP contribution < -0.4 is 0 Å². The number of aromatic hydroxyl groups is 1. The highest BCUT2D eigenvalue weighted by Crippen LogP contribution is 2.22. The van der Waals surface area contributed by atoms with Crippen molar-refractivity contribution in [1.29, 1.82) is 0 Å². The van der Waals surface area contributed by atoms with Gasteiger partial charge in [0.05, 0.1) is 4.92 Å². The summed E-state index contributed by atoms with van der Waals surface area (Å²) in [5.41, 5.74) is 0.202. The average molecular weight is 304 g/mol. The summed E-state index contributed by atoms with van der Waals surface area (Å²) in [7, 11) is 1.45. The number of phenols is 1. The Labute approximate surface area is 125 Å². The number of nitro groups is 1. The minimum atomic E-state index is -0.805. The first-order chi connectivity index (χ1) is 10.4. The minimum absolute atomic E-state index is 0.0514. The van der Waals surface area contributed by atoms with E-state index in [1.54, 1.807) is 0 Å². The molecule has 0 radical (unpaired) electrons. The molecule has 2 rings (SSSR count). The molecule has 0 atom stereocenters. The molecule has 2 aromatic rings. The number of phenolic OH excluding ortho intramolecular Hbond substituents is 1. The molecule has 0 spiro atoms. The number of carbonyl (C=O) groups is 1. The lowest BCUT2D eigenvalue weighted by atomic mass is 10.1. The largest absolute Gasteiger partial charge is 0.507 e. The highest BCUT2D eigenvalue weighted by atomic mass is 19.1. The summed E-state index contributed by atoms with van der Waals surface area (Å²) in [4.78, 5) is 23.5. The number of amides is 1. The zero-order chi connectivity index (χ0) is 16.3. The minimum Gasteiger partial charge on any atom is -0.507 e. The van der Waals surface area contributed by atoms with E-state index in [0.29, 0.717) is 5.56 Å². The monoisotopic (exact) mass is 304 g/mol. The second-order valence-corrected chi connectivity index (χ2v) is 4.72. The fourth-order valence-electron chi connectivity index (χ4n) is 1.98. The van der Waals surface area contributed by atoms with Crippen LogP contribution in [-0.4, -0.2) is 27.9 Å². The van der Waals surface area contributed by atoms with Gasteiger partial charge in [0.25, 0.3) is 11.6 Å². The van der Waals surface area contributed by atoms with Crippen LogP contribution in [0, 0.1) is 15.9 Å². The quantitative estimate of drug-likeness (QED) is 0.695. The number of non-ortho nitro benzene ring substituents is 1. The van der Waals surface area contributed by atoms with Gasteiger partial charge in [0.2, 0.25) is 0 Å². The number of hydrogen-bond donors (Lipinski definition) is 1. The van der Waals surface area contributed by atoms with Crippen molar-refractivity contribution in [3.05, 3.63) is 69.5 Å². The van der Waals surface area contributed by atoms with Crippen LogP contribution in [-0.2, 0) is 6.54 Å². The first kappa shape index (κ1) is 15.4. The first-order valence-corrected chi connectivity index (χ1v) is 6.36. The molecule has 1 N–H and O–H groups in total. The molecule has 0 aromatic heterocycles. The molecule has 7 heteroatoms. The van der Waals surface area contributed by atoms with E-state index in [0.717, 1.165) is 6.07 Å². The van der Waals surface area contributed by atoms with Crippen LogP contribution in [0.2, 0.25) is 0 Å². The van der Waals surface area contributed by atoms with E-state index < -0.39 is 28.0 Å². The zero-order valence-corrected chi connectivity index (χ0v) is 11.7. The van der Waals surface area contributed by atoms with Crippen LogP contribution in [0.25, 0.3) is 0 Å². The van der Waals surface area contributed by atoms with Gasteiger partial charge >= 0.3 is 0 Å². The van der Waals surface area contributed by atoms with Crippen molar-refractivity contribution in [3.8, 4) is 5.75 Å². The van der Waals surface area contributed by atoms with E-state index in [1.165, 1.54) is 48.3 Å². The maximum absolute atomic E-state index is 13.7. The Hall–Kier alpha value is -2.96. The molecule has 0 aliphatic heterocycles. The third-order valence-electron chi connectivity index (χ3n) is 3.12. The number of halogens is 1. The summed E-state index contributed by atoms with van der Waals surface area (Å²) in [6.45, 7) is 0.130. The molecule has 6 nitrogen and oxygen atoms in total. The molecule has 0 heterocycles. The Morgan fingerprint density at radius 2 is 1.91 bits per heavy atom. The normalized spacial score (nSPS) is 10.3. The number of benzene rings is 2. The highest BCUT2D eigenvalue weighted by molar-refractivity contribution is 5.96. The second-order valence-electron chi connectivity index (χ2n) is 4.72. The van der Waals surface area contributed by atoms with Crippen molar-refractivity contribution >= 4 is 11.6 Å². The van der Waals surface area contributed by atoms with Crippen LogP contribution in [0.4, 0.5) is 10.1 Å². The van der Waals surface area contributed by atoms with Crippen molar-refractivity contribution in [2.75, 3.05) is 7.05 Å². The fourth-order valence-corrected chi connectivity index (χ4v) is 1.98. The predicted molar refractivity (Wildman–Crippen MR) is 77.0 cm³/mol. The lowest BCUT2D eigenvalue weighted by molar-refractivity contribution is -0.384. The van der Waals surface area contributed by atoms with Crippen molar-refractivity contribution in [2.45, 2.75) is 6.54 Å². The Kier molecular flexibility index (Phi) is 4.36. The summed E-state index contributed by atoms with van der Waals surface area (Å²) in [5, 5.41) is 20.2. The maximum atomic E-state index is 13.7. The summed E-state index contributed by atoms with van der Waals surface area (Å²) in [6, 6.07) is 9.31. The van der Waals surface area contributed by atoms with Gasteiger partial charge in [-0.15, -0.1) is 0 Å². The Balaban J connectivity index is 2.16. The molecule has 0 aliphatic rings. The highest BCUT2D eigenvalue weighted by Gasteiger charge is 2.20. The van der Waals surface area contributed by atoms with Crippen LogP contribution in [0.5, 0.6) is 5.75 Å². The number of carbonyl (C=O) groups excluding carboxylic acids is 1. The van der Waals surface area contributed by atoms with E-state index in [-0.39, 0.29) is 12.2 Å². The van der Waals surface area contributed by atoms with Gasteiger partial charge in [-0.05, 0) is 17.7 Å². The zero-order valence-electron chi connectivity index (χ0n) is 11.7. The van der Waals surface area contributed by atoms with Crippen molar-refractivity contribution in [2.24, 2.45) is 0 Å². The van der Waals surface area contributed by atoms with Gasteiger partial charge in [-0.2, -0.15) is 0 Å². The fraction of sp³-hybridized carbons (Fsp3) is 0.133. The van der Waals surface area contributed by atoms with Crippen molar-refractivity contribution in [1.82, 2.24) is 4.90 Å². The first-order valence-electron chi connectivity index (χ1n) is 6.36. The van der Waals surface area contributed by atoms with Crippen LogP contribution in [0.3, 0.4) is 0 Å². The van der Waals surface area contributed by atoms with Crippen LogP contribution >= 0.6 is 0 Å². The third kappa shape index (κ3) is 3.20. The van der Waals surface area contributed by atoms with Gasteiger partial charge in [-0.25, -0.2) is 4.39 Å². The Morgan fingerprint density at radius 3 is 2.45 bits per heavy atom. The van der Waals surface area contributed by atoms with Gasteiger partial charge < -0.3 is 10.0 Å². The lowest BCUT2D eigenvalue weighted by Gasteiger charge is -2.18. The average Bonchev–Trinajstić information content (AvgIpc) is 2.47. The summed E-state index contributed by atoms with van der Waals surface area (Å²) in [6.07, 6.45) is 0. The standard InChI is InChI=1S/C15H13FN2O4/c1-17(9-10-5-7-11(8-6-10)18(21)22)15(20)14-12(16)3-2-4-13(14)19/h2-8,19H,9H2,1H3. The van der Waals surface area contributed by atoms with Gasteiger partial charge in [-0.3, -0.25) is 14.9 Å². The Bertz CT molecular complexity index is 696. The molecule has 0 fully saturated rings. The van der Waals surface area contributed by atoms with Crippen molar-refractivity contribution < 1.29 is 19.2 Å². The van der Waals surface area contributed by atoms with E-state index in [9.17, 15) is 24.4 Å². The second kappa shape index (κ2) is 6.21. The van der Waals surface area contributed by atoms with Gasteiger partial charge in [0, 0.05) is 25.7 Å². The molecular weight excluding hydrogens is 291 g/mol. The van der Waals surface area contributed by atoms with E-state index in [2.05, 4.69) is 0 Å².